The zero-order chi connectivity index (χ0) is 18.5. The molecule has 8 heteroatoms. The van der Waals surface area contributed by atoms with Gasteiger partial charge in [0, 0.05) is 19.2 Å². The summed E-state index contributed by atoms with van der Waals surface area (Å²) in [6.07, 6.45) is -0.881. The minimum Gasteiger partial charge on any atom is -0.486 e. The van der Waals surface area contributed by atoms with Gasteiger partial charge in [0.05, 0.1) is 16.9 Å². The summed E-state index contributed by atoms with van der Waals surface area (Å²) in [4.78, 5) is 21.7. The lowest BCUT2D eigenvalue weighted by Crippen LogP contribution is -2.38. The van der Waals surface area contributed by atoms with Crippen molar-refractivity contribution in [2.45, 2.75) is 19.1 Å². The van der Waals surface area contributed by atoms with Crippen LogP contribution in [0.2, 0.25) is 0 Å². The van der Waals surface area contributed by atoms with E-state index in [1.807, 2.05) is 30.3 Å². The van der Waals surface area contributed by atoms with Gasteiger partial charge in [0.25, 0.3) is 5.69 Å². The van der Waals surface area contributed by atoms with Crippen LogP contribution in [0.5, 0.6) is 11.5 Å². The third-order valence-corrected chi connectivity index (χ3v) is 3.98. The fourth-order valence-corrected chi connectivity index (χ4v) is 2.79. The number of nitrogens with zero attached hydrogens (tertiary/aromatic N) is 1. The molecule has 0 radical (unpaired) electrons. The maximum absolute atomic E-state index is 11.2. The summed E-state index contributed by atoms with van der Waals surface area (Å²) in [6, 6.07) is 12.5. The minimum absolute atomic E-state index is 0.0211. The number of fused-ring (bicyclic) bond motifs is 1. The Bertz CT molecular complexity index is 809. The molecule has 1 aliphatic rings. The van der Waals surface area contributed by atoms with E-state index >= 15 is 0 Å². The molecule has 0 aromatic heterocycles. The third kappa shape index (κ3) is 4.09. The predicted molar refractivity (Wildman–Crippen MR) is 92.5 cm³/mol. The van der Waals surface area contributed by atoms with Gasteiger partial charge in [-0.05, 0) is 11.6 Å². The number of rotatable bonds is 7. The Morgan fingerprint density at radius 2 is 2.04 bits per heavy atom. The van der Waals surface area contributed by atoms with Crippen LogP contribution in [0, 0.1) is 10.1 Å². The lowest BCUT2D eigenvalue weighted by atomic mass is 10.1. The molecule has 2 N–H and O–H groups in total. The molecular formula is C18H18N2O6. The maximum atomic E-state index is 11.2. The lowest BCUT2D eigenvalue weighted by Gasteiger charge is -2.28. The number of hydrogen-bond donors (Lipinski definition) is 2. The molecule has 0 fully saturated rings. The van der Waals surface area contributed by atoms with Crippen molar-refractivity contribution in [2.75, 3.05) is 13.2 Å². The minimum atomic E-state index is -1.17. The average Bonchev–Trinajstić information content (AvgIpc) is 2.62. The van der Waals surface area contributed by atoms with Crippen molar-refractivity contribution in [3.05, 3.63) is 63.7 Å². The van der Waals surface area contributed by atoms with E-state index in [1.54, 1.807) is 0 Å². The SMILES string of the molecule is O=C(O)Cc1c([N+](=O)[O-])ccc2c1OC(CNCc1ccccc1)CO2. The smallest absolute Gasteiger partial charge is 0.308 e. The van der Waals surface area contributed by atoms with Gasteiger partial charge in [-0.15, -0.1) is 0 Å². The van der Waals surface area contributed by atoms with Crippen LogP contribution in [0.4, 0.5) is 5.69 Å². The maximum Gasteiger partial charge on any atom is 0.308 e. The van der Waals surface area contributed by atoms with E-state index in [4.69, 9.17) is 14.6 Å². The summed E-state index contributed by atoms with van der Waals surface area (Å²) in [5, 5.41) is 23.5. The van der Waals surface area contributed by atoms with Crippen LogP contribution in [0.3, 0.4) is 0 Å². The standard InChI is InChI=1S/C18H18N2O6/c21-17(22)8-14-15(20(23)24)6-7-16-18(14)26-13(11-25-16)10-19-9-12-4-2-1-3-5-12/h1-7,13,19H,8-11H2,(H,21,22). The summed E-state index contributed by atoms with van der Waals surface area (Å²) in [5.41, 5.74) is 0.854. The number of benzene rings is 2. The van der Waals surface area contributed by atoms with E-state index in [-0.39, 0.29) is 29.7 Å². The zero-order valence-corrected chi connectivity index (χ0v) is 13.9. The fourth-order valence-electron chi connectivity index (χ4n) is 2.79. The Morgan fingerprint density at radius 3 is 2.73 bits per heavy atom. The van der Waals surface area contributed by atoms with Gasteiger partial charge in [0.1, 0.15) is 12.7 Å². The van der Waals surface area contributed by atoms with Gasteiger partial charge < -0.3 is 19.9 Å². The van der Waals surface area contributed by atoms with E-state index in [2.05, 4.69) is 5.32 Å². The Morgan fingerprint density at radius 1 is 1.27 bits per heavy atom. The van der Waals surface area contributed by atoms with Crippen molar-refractivity contribution in [3.8, 4) is 11.5 Å². The van der Waals surface area contributed by atoms with Crippen LogP contribution >= 0.6 is 0 Å². The topological polar surface area (TPSA) is 111 Å². The van der Waals surface area contributed by atoms with E-state index in [0.29, 0.717) is 18.8 Å². The van der Waals surface area contributed by atoms with Crippen molar-refractivity contribution >= 4 is 11.7 Å². The van der Waals surface area contributed by atoms with Gasteiger partial charge in [0.15, 0.2) is 11.5 Å². The molecule has 0 aliphatic carbocycles. The van der Waals surface area contributed by atoms with Gasteiger partial charge in [-0.25, -0.2) is 0 Å². The number of nitrogens with one attached hydrogen (secondary N) is 1. The molecule has 26 heavy (non-hydrogen) atoms. The van der Waals surface area contributed by atoms with Crippen molar-refractivity contribution in [2.24, 2.45) is 0 Å². The van der Waals surface area contributed by atoms with E-state index in [9.17, 15) is 14.9 Å². The number of aliphatic carboxylic acids is 1. The number of carbonyl (C=O) groups is 1. The highest BCUT2D eigenvalue weighted by atomic mass is 16.6. The number of hydrogen-bond acceptors (Lipinski definition) is 6. The van der Waals surface area contributed by atoms with Crippen LogP contribution in [0.15, 0.2) is 42.5 Å². The highest BCUT2D eigenvalue weighted by Crippen LogP contribution is 2.40. The van der Waals surface area contributed by atoms with Crippen LogP contribution < -0.4 is 14.8 Å². The molecule has 2 aromatic carbocycles. The van der Waals surface area contributed by atoms with Gasteiger partial charge in [-0.2, -0.15) is 0 Å². The lowest BCUT2D eigenvalue weighted by molar-refractivity contribution is -0.385. The Labute approximate surface area is 149 Å². The van der Waals surface area contributed by atoms with Crippen molar-refractivity contribution < 1.29 is 24.3 Å². The van der Waals surface area contributed by atoms with Crippen LogP contribution in [-0.2, 0) is 17.8 Å². The molecule has 1 aliphatic heterocycles. The highest BCUT2D eigenvalue weighted by molar-refractivity contribution is 5.75. The van der Waals surface area contributed by atoms with Gasteiger partial charge >= 0.3 is 5.97 Å². The molecular weight excluding hydrogens is 340 g/mol. The highest BCUT2D eigenvalue weighted by Gasteiger charge is 2.30. The Balaban J connectivity index is 1.72. The normalized spacial score (nSPS) is 15.5. The molecule has 1 heterocycles. The van der Waals surface area contributed by atoms with Crippen molar-refractivity contribution in [3.63, 3.8) is 0 Å². The van der Waals surface area contributed by atoms with Crippen LogP contribution in [0.1, 0.15) is 11.1 Å². The summed E-state index contributed by atoms with van der Waals surface area (Å²) < 4.78 is 11.5. The molecule has 0 saturated heterocycles. The Kier molecular flexibility index (Phi) is 5.33. The molecule has 0 bridgehead atoms. The summed E-state index contributed by atoms with van der Waals surface area (Å²) in [7, 11) is 0. The van der Waals surface area contributed by atoms with Gasteiger partial charge in [-0.1, -0.05) is 30.3 Å². The van der Waals surface area contributed by atoms with Crippen molar-refractivity contribution in [1.82, 2.24) is 5.32 Å². The molecule has 1 unspecified atom stereocenters. The molecule has 136 valence electrons. The average molecular weight is 358 g/mol. The number of ether oxygens (including phenoxy) is 2. The van der Waals surface area contributed by atoms with E-state index in [0.717, 1.165) is 5.56 Å². The molecule has 3 rings (SSSR count). The first-order valence-electron chi connectivity index (χ1n) is 8.10. The molecule has 1 atom stereocenters. The van der Waals surface area contributed by atoms with Crippen LogP contribution in [0.25, 0.3) is 0 Å². The van der Waals surface area contributed by atoms with Gasteiger partial charge in [0.2, 0.25) is 0 Å². The van der Waals surface area contributed by atoms with Crippen molar-refractivity contribution in [1.29, 1.82) is 0 Å². The molecule has 8 nitrogen and oxygen atoms in total. The number of nitro groups is 1. The first-order chi connectivity index (χ1) is 12.5. The number of carboxylic acids is 1. The number of carboxylic acid groups (broad SMARTS) is 1. The summed E-state index contributed by atoms with van der Waals surface area (Å²) in [6.45, 7) is 1.38. The molecule has 2 aromatic rings. The zero-order valence-electron chi connectivity index (χ0n) is 13.9. The van der Waals surface area contributed by atoms with Gasteiger partial charge in [-0.3, -0.25) is 14.9 Å². The predicted octanol–water partition coefficient (Wildman–Crippen LogP) is 2.15. The van der Waals surface area contributed by atoms with Crippen LogP contribution in [-0.4, -0.2) is 35.3 Å². The van der Waals surface area contributed by atoms with E-state index < -0.39 is 17.3 Å². The molecule has 0 spiro atoms. The largest absolute Gasteiger partial charge is 0.486 e. The van der Waals surface area contributed by atoms with E-state index in [1.165, 1.54) is 12.1 Å². The first kappa shape index (κ1) is 17.7. The monoisotopic (exact) mass is 358 g/mol. The first-order valence-corrected chi connectivity index (χ1v) is 8.10. The quantitative estimate of drug-likeness (QED) is 0.576. The second-order valence-electron chi connectivity index (χ2n) is 5.89. The fraction of sp³-hybridized carbons (Fsp3) is 0.278. The third-order valence-electron chi connectivity index (χ3n) is 3.98. The molecule has 0 saturated carbocycles. The number of nitro benzene ring substituents is 1. The summed E-state index contributed by atoms with van der Waals surface area (Å²) in [5.74, 6) is -0.708. The second-order valence-corrected chi connectivity index (χ2v) is 5.89. The summed E-state index contributed by atoms with van der Waals surface area (Å²) >= 11 is 0. The molecule has 0 amide bonds. The Hall–Kier alpha value is -3.13. The second kappa shape index (κ2) is 7.83.